The highest BCUT2D eigenvalue weighted by Crippen LogP contribution is 2.33. The molecule has 1 aromatic heterocycles. The normalized spacial score (nSPS) is 24.8. The molecule has 0 saturated carbocycles. The van der Waals surface area contributed by atoms with Gasteiger partial charge in [-0.25, -0.2) is 9.98 Å². The number of carbonyl (C=O) groups excluding carboxylic acids is 1. The van der Waals surface area contributed by atoms with E-state index < -0.39 is 12.1 Å². The number of aromatic nitrogens is 1. The van der Waals surface area contributed by atoms with E-state index in [0.717, 1.165) is 31.5 Å². The summed E-state index contributed by atoms with van der Waals surface area (Å²) in [6, 6.07) is 3.12. The van der Waals surface area contributed by atoms with Crippen LogP contribution in [0.25, 0.3) is 0 Å². The third-order valence-corrected chi connectivity index (χ3v) is 3.69. The van der Waals surface area contributed by atoms with Gasteiger partial charge in [-0.15, -0.1) is 0 Å². The number of nitrogens with zero attached hydrogens (tertiary/aromatic N) is 3. The quantitative estimate of drug-likeness (QED) is 0.831. The predicted molar refractivity (Wildman–Crippen MR) is 72.7 cm³/mol. The van der Waals surface area contributed by atoms with Crippen LogP contribution in [-0.4, -0.2) is 48.4 Å². The Morgan fingerprint density at radius 1 is 1.45 bits per heavy atom. The van der Waals surface area contributed by atoms with E-state index in [1.54, 1.807) is 19.4 Å². The molecular weight excluding hydrogens is 258 g/mol. The first kappa shape index (κ1) is 12.9. The largest absolute Gasteiger partial charge is 0.481 e. The highest BCUT2D eigenvalue weighted by atomic mass is 16.5. The van der Waals surface area contributed by atoms with E-state index in [1.807, 2.05) is 11.0 Å². The molecule has 6 nitrogen and oxygen atoms in total. The van der Waals surface area contributed by atoms with Crippen LogP contribution in [0.4, 0.5) is 0 Å². The standard InChI is InChI=1S/C14H17N3O3/c1-19-13-10(5-4-6-15-13)12-11(16-9-20-12)14(18)17-7-2-3-8-17/h4-6,9,11-12H,2-3,7-8H2,1H3/t11-,12+/m0/s1. The van der Waals surface area contributed by atoms with E-state index in [0.29, 0.717) is 5.88 Å². The zero-order valence-electron chi connectivity index (χ0n) is 11.4. The number of carbonyl (C=O) groups is 1. The van der Waals surface area contributed by atoms with Gasteiger partial charge < -0.3 is 14.4 Å². The fraction of sp³-hybridized carbons (Fsp3) is 0.500. The molecule has 2 atom stereocenters. The SMILES string of the molecule is COc1ncccc1[C@H]1OC=N[C@@H]1C(=O)N1CCCC1. The molecule has 1 fully saturated rings. The van der Waals surface area contributed by atoms with Crippen LogP contribution in [0, 0.1) is 0 Å². The average molecular weight is 275 g/mol. The van der Waals surface area contributed by atoms with Crippen LogP contribution in [0.2, 0.25) is 0 Å². The first-order valence-corrected chi connectivity index (χ1v) is 6.76. The van der Waals surface area contributed by atoms with Crippen molar-refractivity contribution in [2.24, 2.45) is 4.99 Å². The maximum absolute atomic E-state index is 12.5. The number of aliphatic imine (C=N–C) groups is 1. The molecule has 0 radical (unpaired) electrons. The molecule has 0 aliphatic carbocycles. The van der Waals surface area contributed by atoms with Gasteiger partial charge in [0.25, 0.3) is 5.91 Å². The van der Waals surface area contributed by atoms with Crippen molar-refractivity contribution in [3.8, 4) is 5.88 Å². The zero-order chi connectivity index (χ0) is 13.9. The minimum absolute atomic E-state index is 0.0205. The van der Waals surface area contributed by atoms with E-state index in [1.165, 1.54) is 6.40 Å². The average Bonchev–Trinajstić information content (AvgIpc) is 3.17. The van der Waals surface area contributed by atoms with Gasteiger partial charge in [0.1, 0.15) is 0 Å². The van der Waals surface area contributed by atoms with Crippen molar-refractivity contribution in [1.29, 1.82) is 0 Å². The summed E-state index contributed by atoms with van der Waals surface area (Å²) in [6.45, 7) is 1.61. The van der Waals surface area contributed by atoms with Crippen molar-refractivity contribution in [3.63, 3.8) is 0 Å². The second-order valence-corrected chi connectivity index (χ2v) is 4.89. The van der Waals surface area contributed by atoms with Gasteiger partial charge in [-0.05, 0) is 25.0 Å². The summed E-state index contributed by atoms with van der Waals surface area (Å²) in [6.07, 6.45) is 4.67. The molecule has 20 heavy (non-hydrogen) atoms. The highest BCUT2D eigenvalue weighted by molar-refractivity contribution is 5.85. The van der Waals surface area contributed by atoms with Crippen LogP contribution in [0.5, 0.6) is 5.88 Å². The zero-order valence-corrected chi connectivity index (χ0v) is 11.4. The van der Waals surface area contributed by atoms with Crippen molar-refractivity contribution in [2.75, 3.05) is 20.2 Å². The van der Waals surface area contributed by atoms with Gasteiger partial charge in [0.05, 0.1) is 12.7 Å². The molecule has 0 aromatic carbocycles. The predicted octanol–water partition coefficient (Wildman–Crippen LogP) is 1.18. The summed E-state index contributed by atoms with van der Waals surface area (Å²) in [5, 5.41) is 0. The van der Waals surface area contributed by atoms with Crippen LogP contribution >= 0.6 is 0 Å². The lowest BCUT2D eigenvalue weighted by Gasteiger charge is -2.23. The Balaban J connectivity index is 1.84. The lowest BCUT2D eigenvalue weighted by molar-refractivity contribution is -0.133. The summed E-state index contributed by atoms with van der Waals surface area (Å²) >= 11 is 0. The van der Waals surface area contributed by atoms with Gasteiger partial charge in [-0.1, -0.05) is 0 Å². The first-order chi connectivity index (χ1) is 9.81. The second-order valence-electron chi connectivity index (χ2n) is 4.89. The first-order valence-electron chi connectivity index (χ1n) is 6.76. The van der Waals surface area contributed by atoms with Gasteiger partial charge in [0.2, 0.25) is 5.88 Å². The van der Waals surface area contributed by atoms with Gasteiger partial charge in [0, 0.05) is 19.3 Å². The molecule has 2 aliphatic heterocycles. The molecule has 1 saturated heterocycles. The van der Waals surface area contributed by atoms with Crippen molar-refractivity contribution < 1.29 is 14.3 Å². The maximum atomic E-state index is 12.5. The Morgan fingerprint density at radius 3 is 3.00 bits per heavy atom. The van der Waals surface area contributed by atoms with E-state index >= 15 is 0 Å². The molecule has 3 rings (SSSR count). The number of hydrogen-bond acceptors (Lipinski definition) is 5. The fourth-order valence-corrected chi connectivity index (χ4v) is 2.67. The third kappa shape index (κ3) is 2.21. The molecule has 0 unspecified atom stereocenters. The third-order valence-electron chi connectivity index (χ3n) is 3.69. The highest BCUT2D eigenvalue weighted by Gasteiger charge is 2.39. The van der Waals surface area contributed by atoms with Crippen LogP contribution in [0.3, 0.4) is 0 Å². The Bertz CT molecular complexity index is 526. The topological polar surface area (TPSA) is 64.0 Å². The van der Waals surface area contributed by atoms with E-state index in [2.05, 4.69) is 9.98 Å². The number of methoxy groups -OCH3 is 1. The monoisotopic (exact) mass is 275 g/mol. The summed E-state index contributed by atoms with van der Waals surface area (Å²) in [5.41, 5.74) is 0.755. The van der Waals surface area contributed by atoms with Gasteiger partial charge in [-0.2, -0.15) is 0 Å². The number of pyridine rings is 1. The Morgan fingerprint density at radius 2 is 2.25 bits per heavy atom. The number of likely N-dealkylation sites (tertiary alicyclic amines) is 1. The lowest BCUT2D eigenvalue weighted by atomic mass is 10.0. The smallest absolute Gasteiger partial charge is 0.251 e. The van der Waals surface area contributed by atoms with E-state index in [9.17, 15) is 4.79 Å². The maximum Gasteiger partial charge on any atom is 0.251 e. The molecule has 2 aliphatic rings. The minimum Gasteiger partial charge on any atom is -0.481 e. The molecule has 3 heterocycles. The number of ether oxygens (including phenoxy) is 2. The Kier molecular flexibility index (Phi) is 3.54. The van der Waals surface area contributed by atoms with Crippen molar-refractivity contribution in [3.05, 3.63) is 23.9 Å². The van der Waals surface area contributed by atoms with Crippen LogP contribution < -0.4 is 4.74 Å². The Labute approximate surface area is 117 Å². The molecule has 1 aromatic rings. The van der Waals surface area contributed by atoms with Gasteiger partial charge in [-0.3, -0.25) is 4.79 Å². The Hall–Kier alpha value is -2.11. The number of amides is 1. The fourth-order valence-electron chi connectivity index (χ4n) is 2.67. The van der Waals surface area contributed by atoms with E-state index in [-0.39, 0.29) is 5.91 Å². The number of hydrogen-bond donors (Lipinski definition) is 0. The lowest BCUT2D eigenvalue weighted by Crippen LogP contribution is -2.38. The summed E-state index contributed by atoms with van der Waals surface area (Å²) in [5.74, 6) is 0.495. The second kappa shape index (κ2) is 5.48. The van der Waals surface area contributed by atoms with Crippen molar-refractivity contribution in [1.82, 2.24) is 9.88 Å². The summed E-state index contributed by atoms with van der Waals surface area (Å²) in [4.78, 5) is 22.7. The molecule has 0 N–H and O–H groups in total. The summed E-state index contributed by atoms with van der Waals surface area (Å²) in [7, 11) is 1.55. The van der Waals surface area contributed by atoms with Crippen molar-refractivity contribution in [2.45, 2.75) is 25.0 Å². The molecule has 1 amide bonds. The molecule has 106 valence electrons. The molecule has 0 bridgehead atoms. The van der Waals surface area contributed by atoms with Gasteiger partial charge in [0.15, 0.2) is 18.5 Å². The molecular formula is C14H17N3O3. The number of rotatable bonds is 3. The summed E-state index contributed by atoms with van der Waals surface area (Å²) < 4.78 is 10.8. The van der Waals surface area contributed by atoms with E-state index in [4.69, 9.17) is 9.47 Å². The van der Waals surface area contributed by atoms with Crippen molar-refractivity contribution >= 4 is 12.3 Å². The van der Waals surface area contributed by atoms with Crippen LogP contribution in [0.15, 0.2) is 23.3 Å². The minimum atomic E-state index is -0.536. The van der Waals surface area contributed by atoms with Gasteiger partial charge >= 0.3 is 0 Å². The molecule has 0 spiro atoms. The molecule has 6 heteroatoms. The van der Waals surface area contributed by atoms with Crippen LogP contribution in [0.1, 0.15) is 24.5 Å². The van der Waals surface area contributed by atoms with Crippen LogP contribution in [-0.2, 0) is 9.53 Å².